The Labute approximate surface area is 240 Å². The molecule has 2 aromatic heterocycles. The van der Waals surface area contributed by atoms with Crippen molar-refractivity contribution in [1.29, 1.82) is 0 Å². The number of carbonyl (C=O) groups is 2. The summed E-state index contributed by atoms with van der Waals surface area (Å²) >= 11 is 0. The predicted molar refractivity (Wildman–Crippen MR) is 154 cm³/mol. The maximum absolute atomic E-state index is 13.3. The number of aldehydes is 1. The molecule has 0 aliphatic carbocycles. The first kappa shape index (κ1) is 29.5. The van der Waals surface area contributed by atoms with Crippen LogP contribution in [0.3, 0.4) is 0 Å². The fourth-order valence-corrected chi connectivity index (χ4v) is 6.12. The van der Waals surface area contributed by atoms with Gasteiger partial charge in [-0.15, -0.1) is 0 Å². The van der Waals surface area contributed by atoms with Gasteiger partial charge < -0.3 is 14.7 Å². The molecule has 0 bridgehead atoms. The minimum atomic E-state index is -4.35. The summed E-state index contributed by atoms with van der Waals surface area (Å²) in [5.74, 6) is -0.742. The number of pyridine rings is 1. The van der Waals surface area contributed by atoms with E-state index >= 15 is 0 Å². The van der Waals surface area contributed by atoms with E-state index < -0.39 is 18.6 Å². The van der Waals surface area contributed by atoms with E-state index in [1.807, 2.05) is 43.3 Å². The van der Waals surface area contributed by atoms with Crippen LogP contribution in [0, 0.1) is 12.8 Å². The van der Waals surface area contributed by atoms with Crippen molar-refractivity contribution < 1.29 is 22.8 Å². The van der Waals surface area contributed by atoms with Crippen LogP contribution in [0.4, 0.5) is 13.2 Å². The SMILES string of the molecule is Cc1cc(C[C@H](C=O)CC(=O)N2CCC(c3cc4ccccc4[nH]c3=O)CC2)c(CN(C)CC(F)(F)F)c2cn[nH]c12. The van der Waals surface area contributed by atoms with Crippen molar-refractivity contribution >= 4 is 34.0 Å². The molecule has 42 heavy (non-hydrogen) atoms. The third-order valence-electron chi connectivity index (χ3n) is 8.20. The molecule has 5 rings (SSSR count). The lowest BCUT2D eigenvalue weighted by Gasteiger charge is -2.32. The monoisotopic (exact) mass is 581 g/mol. The van der Waals surface area contributed by atoms with Crippen LogP contribution in [0.5, 0.6) is 0 Å². The maximum Gasteiger partial charge on any atom is 0.401 e. The molecule has 1 amide bonds. The number of para-hydroxylation sites is 1. The molecule has 3 heterocycles. The van der Waals surface area contributed by atoms with Crippen molar-refractivity contribution in [3.05, 3.63) is 75.2 Å². The quantitative estimate of drug-likeness (QED) is 0.275. The molecule has 11 heteroatoms. The number of amides is 1. The number of fused-ring (bicyclic) bond motifs is 2. The van der Waals surface area contributed by atoms with Gasteiger partial charge in [-0.3, -0.25) is 19.6 Å². The Bertz CT molecular complexity index is 1650. The highest BCUT2D eigenvalue weighted by molar-refractivity contribution is 5.86. The summed E-state index contributed by atoms with van der Waals surface area (Å²) in [5, 5.41) is 8.66. The predicted octanol–water partition coefficient (Wildman–Crippen LogP) is 4.86. The summed E-state index contributed by atoms with van der Waals surface area (Å²) in [6, 6.07) is 11.4. The molecule has 1 aliphatic rings. The van der Waals surface area contributed by atoms with Gasteiger partial charge in [0.05, 0.1) is 18.3 Å². The number of carbonyl (C=O) groups excluding carboxylic acids is 2. The van der Waals surface area contributed by atoms with Crippen molar-refractivity contribution in [2.45, 2.75) is 51.2 Å². The third-order valence-corrected chi connectivity index (χ3v) is 8.20. The van der Waals surface area contributed by atoms with E-state index in [2.05, 4.69) is 15.2 Å². The molecule has 8 nitrogen and oxygen atoms in total. The Hall–Kier alpha value is -3.99. The molecule has 0 spiro atoms. The average molecular weight is 582 g/mol. The maximum atomic E-state index is 13.3. The zero-order chi connectivity index (χ0) is 30.0. The summed E-state index contributed by atoms with van der Waals surface area (Å²) in [6.07, 6.45) is -0.468. The lowest BCUT2D eigenvalue weighted by molar-refractivity contribution is -0.144. The fourth-order valence-electron chi connectivity index (χ4n) is 6.12. The molecule has 2 aromatic carbocycles. The van der Waals surface area contributed by atoms with Crippen molar-refractivity contribution in [3.8, 4) is 0 Å². The molecular formula is C31H34F3N5O3. The van der Waals surface area contributed by atoms with Gasteiger partial charge in [0.1, 0.15) is 6.29 Å². The van der Waals surface area contributed by atoms with Crippen molar-refractivity contribution in [1.82, 2.24) is 25.0 Å². The number of hydrogen-bond donors (Lipinski definition) is 2. The van der Waals surface area contributed by atoms with E-state index in [-0.39, 0.29) is 36.8 Å². The fraction of sp³-hybridized carbons (Fsp3) is 0.419. The minimum Gasteiger partial charge on any atom is -0.343 e. The van der Waals surface area contributed by atoms with Crippen LogP contribution in [0.2, 0.25) is 0 Å². The van der Waals surface area contributed by atoms with E-state index in [1.54, 1.807) is 11.1 Å². The van der Waals surface area contributed by atoms with Crippen LogP contribution in [0.1, 0.15) is 47.4 Å². The molecule has 0 saturated carbocycles. The lowest BCUT2D eigenvalue weighted by Crippen LogP contribution is -2.39. The van der Waals surface area contributed by atoms with Crippen molar-refractivity contribution in [3.63, 3.8) is 0 Å². The first-order valence-electron chi connectivity index (χ1n) is 14.1. The number of nitrogens with one attached hydrogen (secondary N) is 2. The lowest BCUT2D eigenvalue weighted by atomic mass is 9.88. The number of hydrogen-bond acceptors (Lipinski definition) is 5. The van der Waals surface area contributed by atoms with E-state index in [0.29, 0.717) is 36.9 Å². The first-order chi connectivity index (χ1) is 20.0. The van der Waals surface area contributed by atoms with Gasteiger partial charge in [-0.25, -0.2) is 0 Å². The Balaban J connectivity index is 1.26. The highest BCUT2D eigenvalue weighted by atomic mass is 19.4. The number of alkyl halides is 3. The number of likely N-dealkylation sites (tertiary alicyclic amines) is 1. The second-order valence-corrected chi connectivity index (χ2v) is 11.4. The molecule has 0 unspecified atom stereocenters. The second-order valence-electron chi connectivity index (χ2n) is 11.4. The summed E-state index contributed by atoms with van der Waals surface area (Å²) in [5.41, 5.74) is 4.39. The zero-order valence-electron chi connectivity index (χ0n) is 23.6. The molecule has 1 atom stereocenters. The Kier molecular flexibility index (Phi) is 8.49. The summed E-state index contributed by atoms with van der Waals surface area (Å²) < 4.78 is 39.1. The number of aryl methyl sites for hydroxylation is 1. The summed E-state index contributed by atoms with van der Waals surface area (Å²) in [7, 11) is 1.40. The molecular weight excluding hydrogens is 547 g/mol. The van der Waals surface area contributed by atoms with Crippen LogP contribution in [0.15, 0.2) is 47.4 Å². The van der Waals surface area contributed by atoms with Crippen LogP contribution in [-0.4, -0.2) is 70.0 Å². The highest BCUT2D eigenvalue weighted by Gasteiger charge is 2.31. The summed E-state index contributed by atoms with van der Waals surface area (Å²) in [6.45, 7) is 1.78. The van der Waals surface area contributed by atoms with E-state index in [0.717, 1.165) is 39.4 Å². The number of halogens is 3. The van der Waals surface area contributed by atoms with Crippen LogP contribution >= 0.6 is 0 Å². The smallest absolute Gasteiger partial charge is 0.343 e. The molecule has 2 N–H and O–H groups in total. The largest absolute Gasteiger partial charge is 0.401 e. The first-order valence-corrected chi connectivity index (χ1v) is 14.1. The Morgan fingerprint density at radius 1 is 1.21 bits per heavy atom. The van der Waals surface area contributed by atoms with E-state index in [1.165, 1.54) is 11.9 Å². The van der Waals surface area contributed by atoms with Gasteiger partial charge in [0.15, 0.2) is 0 Å². The molecule has 222 valence electrons. The normalized spacial score (nSPS) is 15.5. The second kappa shape index (κ2) is 12.1. The molecule has 1 saturated heterocycles. The summed E-state index contributed by atoms with van der Waals surface area (Å²) in [4.78, 5) is 44.0. The number of aromatic amines is 2. The Morgan fingerprint density at radius 3 is 2.67 bits per heavy atom. The number of rotatable bonds is 9. The number of benzene rings is 2. The third kappa shape index (κ3) is 6.56. The number of aromatic nitrogens is 3. The van der Waals surface area contributed by atoms with Crippen LogP contribution in [-0.2, 0) is 22.6 Å². The van der Waals surface area contributed by atoms with Crippen molar-refractivity contribution in [2.75, 3.05) is 26.7 Å². The molecule has 1 fully saturated rings. The minimum absolute atomic E-state index is 0.00499. The topological polar surface area (TPSA) is 102 Å². The zero-order valence-corrected chi connectivity index (χ0v) is 23.6. The van der Waals surface area contributed by atoms with Crippen LogP contribution in [0.25, 0.3) is 21.8 Å². The van der Waals surface area contributed by atoms with Crippen molar-refractivity contribution in [2.24, 2.45) is 5.92 Å². The number of H-pyrrole nitrogens is 2. The van der Waals surface area contributed by atoms with Gasteiger partial charge in [0.2, 0.25) is 5.91 Å². The Morgan fingerprint density at radius 2 is 1.95 bits per heavy atom. The molecule has 0 radical (unpaired) electrons. The van der Waals surface area contributed by atoms with Gasteiger partial charge in [-0.1, -0.05) is 24.3 Å². The molecule has 4 aromatic rings. The van der Waals surface area contributed by atoms with Gasteiger partial charge >= 0.3 is 6.18 Å². The van der Waals surface area contributed by atoms with E-state index in [9.17, 15) is 27.6 Å². The van der Waals surface area contributed by atoms with E-state index in [4.69, 9.17) is 0 Å². The van der Waals surface area contributed by atoms with Gasteiger partial charge in [-0.05, 0) is 73.4 Å². The van der Waals surface area contributed by atoms with Crippen LogP contribution < -0.4 is 5.56 Å². The highest BCUT2D eigenvalue weighted by Crippen LogP contribution is 2.31. The number of nitrogens with zero attached hydrogens (tertiary/aromatic N) is 3. The average Bonchev–Trinajstić information content (AvgIpc) is 3.44. The number of piperidine rings is 1. The van der Waals surface area contributed by atoms with Gasteiger partial charge in [0.25, 0.3) is 5.56 Å². The van der Waals surface area contributed by atoms with Gasteiger partial charge in [0, 0.05) is 48.4 Å². The van der Waals surface area contributed by atoms with Gasteiger partial charge in [-0.2, -0.15) is 18.3 Å². The molecule has 1 aliphatic heterocycles. The standard InChI is InChI=1S/C31H34F3N5O3/c1-19-11-23(26(25-15-35-37-29(19)25)16-38(2)18-31(32,33)34)12-20(17-40)13-28(41)39-9-7-21(8-10-39)24-14-22-5-3-4-6-27(22)36-30(24)42/h3-6,11,14-15,17,20-21H,7-10,12-13,16,18H2,1-2H3,(H,35,37)(H,36,42)/t20-/m0/s1.